The Morgan fingerprint density at radius 2 is 0.857 bits per heavy atom. The molecule has 6 aliphatic rings. The van der Waals surface area contributed by atoms with Crippen LogP contribution in [0.5, 0.6) is 0 Å². The van der Waals surface area contributed by atoms with Gasteiger partial charge in [-0.3, -0.25) is 0 Å². The largest absolute Gasteiger partial charge is 0.394 e. The van der Waals surface area contributed by atoms with Crippen LogP contribution < -0.4 is 0 Å². The van der Waals surface area contributed by atoms with Crippen LogP contribution in [-0.2, 0) is 42.6 Å². The van der Waals surface area contributed by atoms with Gasteiger partial charge in [0.15, 0.2) is 25.2 Å². The highest BCUT2D eigenvalue weighted by Gasteiger charge is 2.54. The fourth-order valence-corrected chi connectivity index (χ4v) is 9.61. The van der Waals surface area contributed by atoms with Crippen LogP contribution in [0.15, 0.2) is 0 Å². The van der Waals surface area contributed by atoms with E-state index in [1.807, 2.05) is 0 Å². The van der Waals surface area contributed by atoms with Gasteiger partial charge < -0.3 is 124 Å². The molecule has 0 spiro atoms. The van der Waals surface area contributed by atoms with Gasteiger partial charge in [-0.2, -0.15) is 0 Å². The van der Waals surface area contributed by atoms with Gasteiger partial charge in [0.05, 0.1) is 101 Å². The minimum absolute atomic E-state index is 0.00876. The van der Waals surface area contributed by atoms with Gasteiger partial charge in [0.2, 0.25) is 0 Å². The zero-order valence-corrected chi connectivity index (χ0v) is 34.3. The average Bonchev–Trinajstić information content (AvgIpc) is 3.26. The summed E-state index contributed by atoms with van der Waals surface area (Å²) in [4.78, 5) is 0. The molecule has 25 nitrogen and oxygen atoms in total. The molecule has 25 heteroatoms. The fourth-order valence-electron chi connectivity index (χ4n) is 9.61. The molecule has 0 amide bonds. The van der Waals surface area contributed by atoms with Crippen LogP contribution in [-0.4, -0.2) is 269 Å². The molecule has 6 aliphatic heterocycles. The van der Waals surface area contributed by atoms with Crippen molar-refractivity contribution >= 4 is 0 Å². The summed E-state index contributed by atoms with van der Waals surface area (Å²) in [6.45, 7) is -3.94. The van der Waals surface area contributed by atoms with Crippen LogP contribution in [0.25, 0.3) is 0 Å². The molecule has 6 fully saturated rings. The summed E-state index contributed by atoms with van der Waals surface area (Å²) < 4.78 is 51.9. The van der Waals surface area contributed by atoms with E-state index >= 15 is 0 Å². The van der Waals surface area contributed by atoms with Gasteiger partial charge in [-0.05, 0) is 12.8 Å². The molecule has 0 aromatic heterocycles. The molecular weight excluding hydrogens is 856 g/mol. The molecule has 16 N–H and O–H groups in total. The Balaban J connectivity index is 1.03. The lowest BCUT2D eigenvalue weighted by atomic mass is 9.81. The Hall–Kier alpha value is -1.00. The lowest BCUT2D eigenvalue weighted by Crippen LogP contribution is -2.64. The summed E-state index contributed by atoms with van der Waals surface area (Å²) in [6.07, 6.45) is -33.9. The van der Waals surface area contributed by atoms with Gasteiger partial charge in [0, 0.05) is 37.5 Å². The first kappa shape index (κ1) is 51.4. The average molecular weight is 923 g/mol. The van der Waals surface area contributed by atoms with Crippen LogP contribution >= 0.6 is 0 Å². The maximum absolute atomic E-state index is 11.3. The van der Waals surface area contributed by atoms with E-state index in [9.17, 15) is 81.7 Å². The van der Waals surface area contributed by atoms with Crippen molar-refractivity contribution in [1.82, 2.24) is 0 Å². The summed E-state index contributed by atoms with van der Waals surface area (Å²) >= 11 is 0. The number of ether oxygens (including phenoxy) is 9. The van der Waals surface area contributed by atoms with E-state index < -0.39 is 199 Å². The van der Waals surface area contributed by atoms with Crippen molar-refractivity contribution in [3.8, 4) is 0 Å². The van der Waals surface area contributed by atoms with Crippen molar-refractivity contribution in [2.45, 2.75) is 186 Å². The van der Waals surface area contributed by atoms with Gasteiger partial charge in [0.1, 0.15) is 61.0 Å². The number of hydrogen-bond donors (Lipinski definition) is 16. The Morgan fingerprint density at radius 3 is 1.49 bits per heavy atom. The van der Waals surface area contributed by atoms with Gasteiger partial charge in [0.25, 0.3) is 0 Å². The van der Waals surface area contributed by atoms with Crippen LogP contribution in [0.3, 0.4) is 0 Å². The first-order valence-electron chi connectivity index (χ1n) is 21.4. The summed E-state index contributed by atoms with van der Waals surface area (Å²) in [5.74, 6) is -1.97. The van der Waals surface area contributed by atoms with Gasteiger partial charge >= 0.3 is 0 Å². The smallest absolute Gasteiger partial charge is 0.187 e. The molecule has 6 heterocycles. The highest BCUT2D eigenvalue weighted by molar-refractivity contribution is 4.99. The van der Waals surface area contributed by atoms with Crippen molar-refractivity contribution in [3.63, 3.8) is 0 Å². The van der Waals surface area contributed by atoms with Crippen molar-refractivity contribution in [1.29, 1.82) is 0 Å². The van der Waals surface area contributed by atoms with Crippen molar-refractivity contribution in [3.05, 3.63) is 0 Å². The first-order valence-corrected chi connectivity index (χ1v) is 21.4. The van der Waals surface area contributed by atoms with Crippen molar-refractivity contribution in [2.24, 2.45) is 11.8 Å². The molecule has 368 valence electrons. The second-order valence-corrected chi connectivity index (χ2v) is 17.3. The molecule has 63 heavy (non-hydrogen) atoms. The Bertz CT molecular complexity index is 1370. The van der Waals surface area contributed by atoms with Crippen LogP contribution in [0.1, 0.15) is 38.5 Å². The van der Waals surface area contributed by atoms with Gasteiger partial charge in [-0.15, -0.1) is 0 Å². The van der Waals surface area contributed by atoms with E-state index in [4.69, 9.17) is 42.6 Å². The molecule has 0 aliphatic carbocycles. The predicted octanol–water partition coefficient (Wildman–Crippen LogP) is -8.66. The molecule has 0 bridgehead atoms. The summed E-state index contributed by atoms with van der Waals surface area (Å²) in [6, 6.07) is 0. The highest BCUT2D eigenvalue weighted by Crippen LogP contribution is 2.39. The number of rotatable bonds is 16. The zero-order chi connectivity index (χ0) is 45.9. The second-order valence-electron chi connectivity index (χ2n) is 17.3. The molecule has 0 saturated carbocycles. The fraction of sp³-hybridized carbons (Fsp3) is 1.00. The third-order valence-electron chi connectivity index (χ3n) is 13.1. The molecular formula is C38H66O25. The Kier molecular flexibility index (Phi) is 18.7. The standard InChI is InChI=1S/C38H66O25/c39-7-13-1-17(46)31(51)20(55-13)2-14-16(45)5-28(58-22(14)8-40)61-35-19(48)6-29(59-25(35)11-43)62-37-26(12-44)56-21(32(52)33(37)53)3-15-23(9-41)60-38(34(54)30(15)50)63-36-18(47)4-27(49)57-24(36)10-42/h13-54H,1-12H2/t13-,14-,15+,16+,17-,18+,19+,20?,21?,22+,23+,24+,25+,26+,27?,28?,29?,30-,31+,32-,33+,34+,35-,36-,37?,38?/m0/s1. The first-order chi connectivity index (χ1) is 30.0. The van der Waals surface area contributed by atoms with E-state index in [0.29, 0.717) is 0 Å². The number of hydrogen-bond acceptors (Lipinski definition) is 25. The number of aliphatic hydroxyl groups excluding tert-OH is 16. The topological polar surface area (TPSA) is 407 Å². The minimum atomic E-state index is -1.81. The third kappa shape index (κ3) is 11.7. The van der Waals surface area contributed by atoms with Crippen molar-refractivity contribution < 1.29 is 124 Å². The molecule has 6 rings (SSSR count). The zero-order valence-electron chi connectivity index (χ0n) is 34.3. The molecule has 0 radical (unpaired) electrons. The molecule has 6 saturated heterocycles. The molecule has 26 atom stereocenters. The normalized spacial score (nSPS) is 51.2. The monoisotopic (exact) mass is 922 g/mol. The molecule has 0 aromatic rings. The molecule has 0 aromatic carbocycles. The van der Waals surface area contributed by atoms with E-state index in [1.165, 1.54) is 0 Å². The SMILES string of the molecule is OC[C@@H]1C[C@H](O)[C@@H](O)C(C[C@H]2[C@H](O)CC(O[C@H]3[C@H](O)CC(OC4[C@@H](CO)OC(C[C@H]5[C@H](O)[C@@H](O)C(O[C@H]6[C@H](O)CC(O)O[C@@H]6CO)O[C@@H]5CO)[C@H](O)[C@H]4O)O[C@@H]3CO)O[C@@H]2CO)O1. The maximum atomic E-state index is 11.3. The van der Waals surface area contributed by atoms with E-state index in [0.717, 1.165) is 0 Å². The summed E-state index contributed by atoms with van der Waals surface area (Å²) in [5.41, 5.74) is 0. The van der Waals surface area contributed by atoms with Gasteiger partial charge in [-0.25, -0.2) is 0 Å². The quantitative estimate of drug-likeness (QED) is 0.0683. The summed E-state index contributed by atoms with van der Waals surface area (Å²) in [5, 5.41) is 168. The lowest BCUT2D eigenvalue weighted by molar-refractivity contribution is -0.346. The maximum Gasteiger partial charge on any atom is 0.187 e. The summed E-state index contributed by atoms with van der Waals surface area (Å²) in [7, 11) is 0. The minimum Gasteiger partial charge on any atom is -0.394 e. The van der Waals surface area contributed by atoms with Crippen LogP contribution in [0, 0.1) is 11.8 Å². The van der Waals surface area contributed by atoms with Crippen molar-refractivity contribution in [2.75, 3.05) is 39.6 Å². The number of aliphatic hydroxyl groups is 16. The lowest BCUT2D eigenvalue weighted by Gasteiger charge is -2.49. The molecule has 7 unspecified atom stereocenters. The predicted molar refractivity (Wildman–Crippen MR) is 200 cm³/mol. The van der Waals surface area contributed by atoms with Gasteiger partial charge in [-0.1, -0.05) is 0 Å². The van der Waals surface area contributed by atoms with Crippen LogP contribution in [0.2, 0.25) is 0 Å². The van der Waals surface area contributed by atoms with Crippen LogP contribution in [0.4, 0.5) is 0 Å². The van der Waals surface area contributed by atoms with E-state index in [-0.39, 0.29) is 38.5 Å². The highest BCUT2D eigenvalue weighted by atomic mass is 16.7. The van der Waals surface area contributed by atoms with E-state index in [1.54, 1.807) is 0 Å². The second kappa shape index (κ2) is 22.9. The Morgan fingerprint density at radius 1 is 0.349 bits per heavy atom. The van der Waals surface area contributed by atoms with E-state index in [2.05, 4.69) is 0 Å². The third-order valence-corrected chi connectivity index (χ3v) is 13.1. The Labute approximate surface area is 361 Å².